The standard InChI is InChI=1S/C15H22N4O3/c20-14(12-13(15(21)22)17-10-16-12)19-7-3-11(4-8-19)9-18-5-1-2-6-18/h10-11H,1-9H2,(H,16,17)(H,21,22). The molecule has 2 saturated heterocycles. The fraction of sp³-hybridized carbons (Fsp3) is 0.667. The number of hydrogen-bond donors (Lipinski definition) is 2. The van der Waals surface area contributed by atoms with Crippen molar-refractivity contribution < 1.29 is 14.7 Å². The van der Waals surface area contributed by atoms with Gasteiger partial charge in [-0.1, -0.05) is 0 Å². The van der Waals surface area contributed by atoms with Crippen LogP contribution in [0.2, 0.25) is 0 Å². The van der Waals surface area contributed by atoms with Crippen LogP contribution in [0.15, 0.2) is 6.33 Å². The lowest BCUT2D eigenvalue weighted by molar-refractivity contribution is 0.0634. The van der Waals surface area contributed by atoms with Crippen LogP contribution in [0.3, 0.4) is 0 Å². The number of carbonyl (C=O) groups is 2. The van der Waals surface area contributed by atoms with E-state index in [1.165, 1.54) is 32.3 Å². The summed E-state index contributed by atoms with van der Waals surface area (Å²) in [4.78, 5) is 34.1. The monoisotopic (exact) mass is 306 g/mol. The summed E-state index contributed by atoms with van der Waals surface area (Å²) in [6.45, 7) is 4.90. The lowest BCUT2D eigenvalue weighted by Gasteiger charge is -2.33. The number of rotatable bonds is 4. The average Bonchev–Trinajstić information content (AvgIpc) is 3.18. The molecule has 0 aromatic carbocycles. The fourth-order valence-electron chi connectivity index (χ4n) is 3.42. The summed E-state index contributed by atoms with van der Waals surface area (Å²) >= 11 is 0. The normalized spacial score (nSPS) is 20.5. The van der Waals surface area contributed by atoms with Gasteiger partial charge in [-0.15, -0.1) is 0 Å². The Morgan fingerprint density at radius 2 is 1.91 bits per heavy atom. The zero-order valence-electron chi connectivity index (χ0n) is 12.6. The minimum atomic E-state index is -1.15. The molecule has 2 N–H and O–H groups in total. The third-order valence-corrected chi connectivity index (χ3v) is 4.67. The first-order chi connectivity index (χ1) is 10.6. The Morgan fingerprint density at radius 3 is 2.55 bits per heavy atom. The molecule has 0 saturated carbocycles. The second kappa shape index (κ2) is 6.48. The number of aromatic amines is 1. The van der Waals surface area contributed by atoms with E-state index in [4.69, 9.17) is 5.11 Å². The zero-order valence-corrected chi connectivity index (χ0v) is 12.6. The van der Waals surface area contributed by atoms with Gasteiger partial charge in [0.2, 0.25) is 0 Å². The maximum absolute atomic E-state index is 12.4. The predicted molar refractivity (Wildman–Crippen MR) is 79.8 cm³/mol. The number of H-pyrrole nitrogens is 1. The molecule has 7 nitrogen and oxygen atoms in total. The van der Waals surface area contributed by atoms with Gasteiger partial charge in [-0.25, -0.2) is 9.78 Å². The van der Waals surface area contributed by atoms with Crippen LogP contribution in [0.4, 0.5) is 0 Å². The first-order valence-electron chi connectivity index (χ1n) is 7.93. The van der Waals surface area contributed by atoms with Crippen LogP contribution in [-0.2, 0) is 0 Å². The molecule has 1 aromatic rings. The number of nitrogens with one attached hydrogen (secondary N) is 1. The molecule has 0 spiro atoms. The molecule has 1 aromatic heterocycles. The topological polar surface area (TPSA) is 89.5 Å². The van der Waals surface area contributed by atoms with Gasteiger partial charge in [0, 0.05) is 19.6 Å². The Labute approximate surface area is 129 Å². The van der Waals surface area contributed by atoms with Crippen LogP contribution < -0.4 is 0 Å². The Morgan fingerprint density at radius 1 is 1.23 bits per heavy atom. The maximum atomic E-state index is 12.4. The molecule has 2 aliphatic heterocycles. The van der Waals surface area contributed by atoms with E-state index in [2.05, 4.69) is 14.9 Å². The van der Waals surface area contributed by atoms with E-state index in [0.717, 1.165) is 19.4 Å². The molecular weight excluding hydrogens is 284 g/mol. The molecule has 0 radical (unpaired) electrons. The molecule has 7 heteroatoms. The van der Waals surface area contributed by atoms with Gasteiger partial charge < -0.3 is 19.9 Å². The summed E-state index contributed by atoms with van der Waals surface area (Å²) in [6.07, 6.45) is 5.82. The molecular formula is C15H22N4O3. The highest BCUT2D eigenvalue weighted by Crippen LogP contribution is 2.22. The first-order valence-corrected chi connectivity index (χ1v) is 7.93. The van der Waals surface area contributed by atoms with Gasteiger partial charge in [-0.2, -0.15) is 0 Å². The number of amides is 1. The summed E-state index contributed by atoms with van der Waals surface area (Å²) in [7, 11) is 0. The molecule has 0 aliphatic carbocycles. The number of piperidine rings is 1. The summed E-state index contributed by atoms with van der Waals surface area (Å²) in [6, 6.07) is 0. The predicted octanol–water partition coefficient (Wildman–Crippen LogP) is 1.06. The van der Waals surface area contributed by atoms with E-state index < -0.39 is 5.97 Å². The molecule has 120 valence electrons. The van der Waals surface area contributed by atoms with Crippen molar-refractivity contribution in [3.05, 3.63) is 17.7 Å². The van der Waals surface area contributed by atoms with E-state index in [0.29, 0.717) is 19.0 Å². The van der Waals surface area contributed by atoms with E-state index in [1.807, 2.05) is 0 Å². The Kier molecular flexibility index (Phi) is 4.42. The smallest absolute Gasteiger partial charge is 0.354 e. The van der Waals surface area contributed by atoms with Crippen LogP contribution in [0.1, 0.15) is 46.7 Å². The highest BCUT2D eigenvalue weighted by atomic mass is 16.4. The van der Waals surface area contributed by atoms with Crippen molar-refractivity contribution in [2.75, 3.05) is 32.7 Å². The molecule has 3 heterocycles. The quantitative estimate of drug-likeness (QED) is 0.868. The van der Waals surface area contributed by atoms with Crippen molar-refractivity contribution in [3.8, 4) is 0 Å². The van der Waals surface area contributed by atoms with Crippen molar-refractivity contribution >= 4 is 11.9 Å². The second-order valence-corrected chi connectivity index (χ2v) is 6.17. The second-order valence-electron chi connectivity index (χ2n) is 6.17. The summed E-state index contributed by atoms with van der Waals surface area (Å²) in [5, 5.41) is 9.06. The molecule has 0 atom stereocenters. The van der Waals surface area contributed by atoms with Crippen molar-refractivity contribution in [1.82, 2.24) is 19.8 Å². The number of carbonyl (C=O) groups excluding carboxylic acids is 1. The van der Waals surface area contributed by atoms with Crippen molar-refractivity contribution in [2.45, 2.75) is 25.7 Å². The van der Waals surface area contributed by atoms with Crippen LogP contribution in [0, 0.1) is 5.92 Å². The highest BCUT2D eigenvalue weighted by molar-refractivity contribution is 6.02. The molecule has 22 heavy (non-hydrogen) atoms. The molecule has 0 bridgehead atoms. The van der Waals surface area contributed by atoms with Gasteiger partial charge in [-0.05, 0) is 44.7 Å². The third-order valence-electron chi connectivity index (χ3n) is 4.67. The lowest BCUT2D eigenvalue weighted by atomic mass is 9.96. The van der Waals surface area contributed by atoms with Crippen LogP contribution in [0.5, 0.6) is 0 Å². The summed E-state index contributed by atoms with van der Waals surface area (Å²) in [5.41, 5.74) is -0.102. The number of nitrogens with zero attached hydrogens (tertiary/aromatic N) is 3. The van der Waals surface area contributed by atoms with E-state index in [9.17, 15) is 9.59 Å². The van der Waals surface area contributed by atoms with Crippen molar-refractivity contribution in [3.63, 3.8) is 0 Å². The number of hydrogen-bond acceptors (Lipinski definition) is 4. The Hall–Kier alpha value is -1.89. The lowest BCUT2D eigenvalue weighted by Crippen LogP contribution is -2.41. The number of carboxylic acid groups (broad SMARTS) is 1. The van der Waals surface area contributed by atoms with Crippen molar-refractivity contribution in [2.24, 2.45) is 5.92 Å². The maximum Gasteiger partial charge on any atom is 0.354 e. The molecule has 2 fully saturated rings. The van der Waals surface area contributed by atoms with Gasteiger partial charge in [0.25, 0.3) is 5.91 Å². The van der Waals surface area contributed by atoms with Gasteiger partial charge in [0.05, 0.1) is 6.33 Å². The molecule has 2 aliphatic rings. The Bertz CT molecular complexity index is 543. The summed E-state index contributed by atoms with van der Waals surface area (Å²) in [5.74, 6) is -0.789. The van der Waals surface area contributed by atoms with E-state index in [-0.39, 0.29) is 17.3 Å². The van der Waals surface area contributed by atoms with Gasteiger partial charge >= 0.3 is 5.97 Å². The number of aromatic carboxylic acids is 1. The van der Waals surface area contributed by atoms with Gasteiger partial charge in [0.1, 0.15) is 0 Å². The summed E-state index contributed by atoms with van der Waals surface area (Å²) < 4.78 is 0. The van der Waals surface area contributed by atoms with E-state index >= 15 is 0 Å². The Balaban J connectivity index is 1.55. The SMILES string of the molecule is O=C(O)c1[nH]cnc1C(=O)N1CCC(CN2CCCC2)CC1. The zero-order chi connectivity index (χ0) is 15.5. The minimum absolute atomic E-state index is 0.0190. The molecule has 0 unspecified atom stereocenters. The van der Waals surface area contributed by atoms with Gasteiger partial charge in [-0.3, -0.25) is 4.79 Å². The first kappa shape index (κ1) is 15.0. The third kappa shape index (κ3) is 3.14. The fourth-order valence-corrected chi connectivity index (χ4v) is 3.42. The molecule has 3 rings (SSSR count). The van der Waals surface area contributed by atoms with Crippen LogP contribution >= 0.6 is 0 Å². The van der Waals surface area contributed by atoms with E-state index in [1.54, 1.807) is 4.90 Å². The minimum Gasteiger partial charge on any atom is -0.477 e. The molecule has 1 amide bonds. The largest absolute Gasteiger partial charge is 0.477 e. The number of aromatic nitrogens is 2. The number of carboxylic acids is 1. The number of imidazole rings is 1. The number of likely N-dealkylation sites (tertiary alicyclic amines) is 2. The average molecular weight is 306 g/mol. The highest BCUT2D eigenvalue weighted by Gasteiger charge is 2.29. The van der Waals surface area contributed by atoms with Crippen LogP contribution in [0.25, 0.3) is 0 Å². The van der Waals surface area contributed by atoms with Gasteiger partial charge in [0.15, 0.2) is 11.4 Å². The van der Waals surface area contributed by atoms with Crippen LogP contribution in [-0.4, -0.2) is 69.5 Å². The van der Waals surface area contributed by atoms with Crippen molar-refractivity contribution in [1.29, 1.82) is 0 Å².